The van der Waals surface area contributed by atoms with E-state index >= 15 is 0 Å². The van der Waals surface area contributed by atoms with Crippen LogP contribution in [-0.2, 0) is 0 Å². The van der Waals surface area contributed by atoms with Crippen molar-refractivity contribution >= 4 is 40.5 Å². The summed E-state index contributed by atoms with van der Waals surface area (Å²) >= 11 is 11.9. The van der Waals surface area contributed by atoms with E-state index < -0.39 is 5.97 Å². The summed E-state index contributed by atoms with van der Waals surface area (Å²) in [7, 11) is 0. The molecule has 0 radical (unpaired) electrons. The number of halogens is 2. The lowest BCUT2D eigenvalue weighted by atomic mass is 10.2. The predicted octanol–water partition coefficient (Wildman–Crippen LogP) is 3.83. The molecular formula is C12H8Cl2N2O2. The summed E-state index contributed by atoms with van der Waals surface area (Å²) in [5.41, 5.74) is 1.01. The second-order valence-electron chi connectivity index (χ2n) is 3.45. The Kier molecular flexibility index (Phi) is 3.69. The van der Waals surface area contributed by atoms with Crippen LogP contribution in [0.4, 0.5) is 11.4 Å². The van der Waals surface area contributed by atoms with Gasteiger partial charge in [-0.05, 0) is 18.2 Å². The van der Waals surface area contributed by atoms with E-state index in [0.717, 1.165) is 0 Å². The molecule has 0 unspecified atom stereocenters. The fraction of sp³-hybridized carbons (Fsp3) is 0. The minimum absolute atomic E-state index is 0.0635. The van der Waals surface area contributed by atoms with Gasteiger partial charge in [0.1, 0.15) is 5.56 Å². The summed E-state index contributed by atoms with van der Waals surface area (Å²) in [4.78, 5) is 14.8. The van der Waals surface area contributed by atoms with Gasteiger partial charge in [-0.1, -0.05) is 29.3 Å². The van der Waals surface area contributed by atoms with Crippen LogP contribution in [0.15, 0.2) is 36.7 Å². The molecule has 2 N–H and O–H groups in total. The van der Waals surface area contributed by atoms with Crippen molar-refractivity contribution in [1.29, 1.82) is 0 Å². The van der Waals surface area contributed by atoms with Crippen LogP contribution in [0.3, 0.4) is 0 Å². The molecule has 0 fully saturated rings. The Morgan fingerprint density at radius 3 is 2.72 bits per heavy atom. The molecule has 6 heteroatoms. The minimum atomic E-state index is -1.07. The maximum absolute atomic E-state index is 11.0. The molecule has 0 bridgehead atoms. The highest BCUT2D eigenvalue weighted by Crippen LogP contribution is 2.32. The molecule has 0 aliphatic heterocycles. The quantitative estimate of drug-likeness (QED) is 0.898. The zero-order valence-corrected chi connectivity index (χ0v) is 10.5. The third-order valence-electron chi connectivity index (χ3n) is 2.27. The summed E-state index contributed by atoms with van der Waals surface area (Å²) in [5.74, 6) is -1.07. The van der Waals surface area contributed by atoms with Crippen LogP contribution >= 0.6 is 23.2 Å². The number of nitrogens with one attached hydrogen (secondary N) is 1. The van der Waals surface area contributed by atoms with E-state index in [1.165, 1.54) is 12.4 Å². The van der Waals surface area contributed by atoms with Gasteiger partial charge in [0.2, 0.25) is 0 Å². The number of pyridine rings is 1. The molecule has 1 aromatic heterocycles. The lowest BCUT2D eigenvalue weighted by molar-refractivity contribution is 0.0697. The molecule has 1 aromatic carbocycles. The van der Waals surface area contributed by atoms with E-state index in [0.29, 0.717) is 21.4 Å². The van der Waals surface area contributed by atoms with Crippen LogP contribution < -0.4 is 5.32 Å². The standard InChI is InChI=1S/C12H8Cl2N2O2/c13-8-2-1-3-10(11(8)14)16-9-4-5-15-6-7(9)12(17)18/h1-6H,(H,15,16)(H,17,18). The number of hydrogen-bond acceptors (Lipinski definition) is 3. The maximum atomic E-state index is 11.0. The maximum Gasteiger partial charge on any atom is 0.339 e. The smallest absolute Gasteiger partial charge is 0.339 e. The molecular weight excluding hydrogens is 275 g/mol. The van der Waals surface area contributed by atoms with Gasteiger partial charge >= 0.3 is 5.97 Å². The zero-order valence-electron chi connectivity index (χ0n) is 9.02. The largest absolute Gasteiger partial charge is 0.478 e. The number of hydrogen-bond donors (Lipinski definition) is 2. The first-order valence-corrected chi connectivity index (χ1v) is 5.73. The number of aromatic nitrogens is 1. The van der Waals surface area contributed by atoms with Crippen molar-refractivity contribution in [2.45, 2.75) is 0 Å². The molecule has 0 aliphatic carbocycles. The summed E-state index contributed by atoms with van der Waals surface area (Å²) in [6.07, 6.45) is 2.76. The average molecular weight is 283 g/mol. The van der Waals surface area contributed by atoms with Gasteiger partial charge in [-0.2, -0.15) is 0 Å². The number of carboxylic acids is 1. The van der Waals surface area contributed by atoms with Gasteiger partial charge in [0, 0.05) is 12.4 Å². The monoisotopic (exact) mass is 282 g/mol. The van der Waals surface area contributed by atoms with Gasteiger partial charge in [0.05, 0.1) is 21.4 Å². The van der Waals surface area contributed by atoms with E-state index in [1.54, 1.807) is 24.3 Å². The Bertz CT molecular complexity index is 602. The van der Waals surface area contributed by atoms with Crippen molar-refractivity contribution in [2.24, 2.45) is 0 Å². The van der Waals surface area contributed by atoms with Gasteiger partial charge in [-0.3, -0.25) is 4.98 Å². The highest BCUT2D eigenvalue weighted by atomic mass is 35.5. The first-order valence-electron chi connectivity index (χ1n) is 4.98. The molecule has 0 spiro atoms. The fourth-order valence-corrected chi connectivity index (χ4v) is 1.77. The topological polar surface area (TPSA) is 62.2 Å². The highest BCUT2D eigenvalue weighted by molar-refractivity contribution is 6.43. The first-order chi connectivity index (χ1) is 8.59. The Morgan fingerprint density at radius 2 is 2.00 bits per heavy atom. The van der Waals surface area contributed by atoms with Gasteiger partial charge in [0.15, 0.2) is 0 Å². The van der Waals surface area contributed by atoms with Crippen molar-refractivity contribution < 1.29 is 9.90 Å². The molecule has 0 saturated heterocycles. The SMILES string of the molecule is O=C(O)c1cnccc1Nc1cccc(Cl)c1Cl. The van der Waals surface area contributed by atoms with Gasteiger partial charge in [-0.15, -0.1) is 0 Å². The van der Waals surface area contributed by atoms with Crippen LogP contribution in [0.25, 0.3) is 0 Å². The number of carbonyl (C=O) groups is 1. The number of aromatic carboxylic acids is 1. The molecule has 0 saturated carbocycles. The zero-order chi connectivity index (χ0) is 13.1. The fourth-order valence-electron chi connectivity index (χ4n) is 1.42. The first kappa shape index (κ1) is 12.7. The lowest BCUT2D eigenvalue weighted by Gasteiger charge is -2.11. The second kappa shape index (κ2) is 5.25. The van der Waals surface area contributed by atoms with Crippen LogP contribution in [0, 0.1) is 0 Å². The van der Waals surface area contributed by atoms with Crippen molar-refractivity contribution in [3.63, 3.8) is 0 Å². The van der Waals surface area contributed by atoms with E-state index in [-0.39, 0.29) is 5.56 Å². The van der Waals surface area contributed by atoms with Crippen molar-refractivity contribution in [1.82, 2.24) is 4.98 Å². The summed E-state index contributed by atoms with van der Waals surface area (Å²) in [5, 5.41) is 12.7. The third kappa shape index (κ3) is 2.55. The average Bonchev–Trinajstić information content (AvgIpc) is 2.35. The second-order valence-corrected chi connectivity index (χ2v) is 4.24. The van der Waals surface area contributed by atoms with Crippen LogP contribution in [0.5, 0.6) is 0 Å². The highest BCUT2D eigenvalue weighted by Gasteiger charge is 2.11. The Morgan fingerprint density at radius 1 is 1.22 bits per heavy atom. The number of rotatable bonds is 3. The van der Waals surface area contributed by atoms with Crippen molar-refractivity contribution in [3.05, 3.63) is 52.3 Å². The van der Waals surface area contributed by atoms with E-state index in [4.69, 9.17) is 28.3 Å². The molecule has 0 amide bonds. The molecule has 18 heavy (non-hydrogen) atoms. The molecule has 2 rings (SSSR count). The van der Waals surface area contributed by atoms with Crippen LogP contribution in [0.2, 0.25) is 10.0 Å². The third-order valence-corrected chi connectivity index (χ3v) is 3.09. The predicted molar refractivity (Wildman–Crippen MR) is 70.9 cm³/mol. The van der Waals surface area contributed by atoms with Gasteiger partial charge in [-0.25, -0.2) is 4.79 Å². The summed E-state index contributed by atoms with van der Waals surface area (Å²) in [6.45, 7) is 0. The lowest BCUT2D eigenvalue weighted by Crippen LogP contribution is -2.03. The van der Waals surface area contributed by atoms with E-state index in [1.807, 2.05) is 0 Å². The van der Waals surface area contributed by atoms with Gasteiger partial charge < -0.3 is 10.4 Å². The Labute approximate surface area is 113 Å². The molecule has 0 atom stereocenters. The van der Waals surface area contributed by atoms with Crippen LogP contribution in [0.1, 0.15) is 10.4 Å². The number of nitrogens with zero attached hydrogens (tertiary/aromatic N) is 1. The molecule has 4 nitrogen and oxygen atoms in total. The van der Waals surface area contributed by atoms with Gasteiger partial charge in [0.25, 0.3) is 0 Å². The van der Waals surface area contributed by atoms with E-state index in [9.17, 15) is 4.79 Å². The van der Waals surface area contributed by atoms with Crippen molar-refractivity contribution in [3.8, 4) is 0 Å². The molecule has 92 valence electrons. The molecule has 2 aromatic rings. The minimum Gasteiger partial charge on any atom is -0.478 e. The van der Waals surface area contributed by atoms with E-state index in [2.05, 4.69) is 10.3 Å². The summed E-state index contributed by atoms with van der Waals surface area (Å²) < 4.78 is 0. The Hall–Kier alpha value is -1.78. The number of carboxylic acid groups (broad SMARTS) is 1. The number of benzene rings is 1. The number of anilines is 2. The Balaban J connectivity index is 2.40. The van der Waals surface area contributed by atoms with Crippen LogP contribution in [-0.4, -0.2) is 16.1 Å². The van der Waals surface area contributed by atoms with Crippen molar-refractivity contribution in [2.75, 3.05) is 5.32 Å². The molecule has 1 heterocycles. The molecule has 0 aliphatic rings. The normalized spacial score (nSPS) is 10.1. The summed E-state index contributed by atoms with van der Waals surface area (Å²) in [6, 6.07) is 6.64.